The van der Waals surface area contributed by atoms with Crippen molar-refractivity contribution in [1.29, 1.82) is 0 Å². The van der Waals surface area contributed by atoms with E-state index in [4.69, 9.17) is 17.3 Å². The molecule has 0 spiro atoms. The lowest BCUT2D eigenvalue weighted by Crippen LogP contribution is -2.19. The molecule has 5 heteroatoms. The average Bonchev–Trinajstić information content (AvgIpc) is 2.83. The monoisotopic (exact) mass is 268 g/mol. The highest BCUT2D eigenvalue weighted by atomic mass is 35.5. The van der Waals surface area contributed by atoms with E-state index in [1.165, 1.54) is 11.3 Å². The van der Waals surface area contributed by atoms with Crippen molar-refractivity contribution in [3.63, 3.8) is 0 Å². The molecule has 2 rings (SSSR count). The smallest absolute Gasteiger partial charge is 0.0978 e. The third-order valence-corrected chi connectivity index (χ3v) is 3.74. The molecule has 1 aromatic carbocycles. The number of hydrogen-bond acceptors (Lipinski definition) is 4. The first-order chi connectivity index (χ1) is 8.22. The topological polar surface area (TPSA) is 59.1 Å². The minimum atomic E-state index is -0.633. The molecule has 3 N–H and O–H groups in total. The molecule has 1 heterocycles. The minimum Gasteiger partial charge on any atom is -0.387 e. The molecule has 1 aromatic heterocycles. The molecule has 0 amide bonds. The first-order valence-corrected chi connectivity index (χ1v) is 6.50. The second-order valence-corrected chi connectivity index (χ2v) is 5.10. The van der Waals surface area contributed by atoms with Gasteiger partial charge in [-0.1, -0.05) is 23.7 Å². The Hall–Kier alpha value is -0.940. The number of benzene rings is 1. The predicted molar refractivity (Wildman–Crippen MR) is 70.3 cm³/mol. The van der Waals surface area contributed by atoms with Gasteiger partial charge in [-0.2, -0.15) is 0 Å². The summed E-state index contributed by atoms with van der Waals surface area (Å²) in [6.45, 7) is 0.361. The number of rotatable bonds is 4. The zero-order valence-electron chi connectivity index (χ0n) is 9.08. The van der Waals surface area contributed by atoms with Gasteiger partial charge < -0.3 is 10.8 Å². The van der Waals surface area contributed by atoms with Crippen LogP contribution < -0.4 is 5.73 Å². The average molecular weight is 269 g/mol. The highest BCUT2D eigenvalue weighted by molar-refractivity contribution is 7.09. The number of nitrogens with two attached hydrogens (primary N) is 1. The highest BCUT2D eigenvalue weighted by Gasteiger charge is 2.22. The zero-order valence-corrected chi connectivity index (χ0v) is 10.7. The molecular formula is C12H13ClN2OS. The predicted octanol–water partition coefficient (Wildman–Crippen LogP) is 2.57. The number of thiazole rings is 1. The van der Waals surface area contributed by atoms with Crippen LogP contribution in [-0.4, -0.2) is 16.6 Å². The van der Waals surface area contributed by atoms with E-state index in [-0.39, 0.29) is 5.92 Å². The van der Waals surface area contributed by atoms with Crippen molar-refractivity contribution in [2.45, 2.75) is 12.0 Å². The van der Waals surface area contributed by atoms with Crippen LogP contribution in [0.25, 0.3) is 0 Å². The van der Waals surface area contributed by atoms with Crippen molar-refractivity contribution in [3.05, 3.63) is 51.4 Å². The molecule has 0 aliphatic heterocycles. The second-order valence-electron chi connectivity index (χ2n) is 3.75. The van der Waals surface area contributed by atoms with Gasteiger partial charge >= 0.3 is 0 Å². The highest BCUT2D eigenvalue weighted by Crippen LogP contribution is 2.32. The van der Waals surface area contributed by atoms with Gasteiger partial charge in [0.05, 0.1) is 16.5 Å². The Morgan fingerprint density at radius 2 is 2.29 bits per heavy atom. The van der Waals surface area contributed by atoms with Gasteiger partial charge in [-0.15, -0.1) is 11.3 Å². The van der Waals surface area contributed by atoms with Crippen LogP contribution in [0.4, 0.5) is 0 Å². The lowest BCUT2D eigenvalue weighted by Gasteiger charge is -2.20. The van der Waals surface area contributed by atoms with Crippen LogP contribution in [0.1, 0.15) is 22.5 Å². The van der Waals surface area contributed by atoms with Crippen LogP contribution in [0.3, 0.4) is 0 Å². The second kappa shape index (κ2) is 5.60. The van der Waals surface area contributed by atoms with Crippen LogP contribution in [0.15, 0.2) is 36.0 Å². The van der Waals surface area contributed by atoms with E-state index in [0.29, 0.717) is 11.6 Å². The summed E-state index contributed by atoms with van der Waals surface area (Å²) in [6, 6.07) is 7.43. The van der Waals surface area contributed by atoms with E-state index in [9.17, 15) is 5.11 Å². The summed E-state index contributed by atoms with van der Waals surface area (Å²) < 4.78 is 0. The van der Waals surface area contributed by atoms with E-state index in [1.807, 2.05) is 18.2 Å². The van der Waals surface area contributed by atoms with Gasteiger partial charge in [-0.3, -0.25) is 4.98 Å². The molecule has 0 aliphatic carbocycles. The Balaban J connectivity index is 2.27. The summed E-state index contributed by atoms with van der Waals surface area (Å²) in [5.74, 6) is -0.158. The van der Waals surface area contributed by atoms with Gasteiger partial charge in [0.2, 0.25) is 0 Å². The van der Waals surface area contributed by atoms with Gasteiger partial charge in [-0.25, -0.2) is 0 Å². The fourth-order valence-corrected chi connectivity index (χ4v) is 2.62. The maximum Gasteiger partial charge on any atom is 0.0978 e. The maximum absolute atomic E-state index is 10.3. The summed E-state index contributed by atoms with van der Waals surface area (Å²) in [5, 5.41) is 10.9. The number of aromatic nitrogens is 1. The number of aliphatic hydroxyl groups excluding tert-OH is 1. The fraction of sp³-hybridized carbons (Fsp3) is 0.250. The van der Waals surface area contributed by atoms with Gasteiger partial charge in [0.1, 0.15) is 0 Å². The summed E-state index contributed by atoms with van der Waals surface area (Å²) in [4.78, 5) is 4.78. The maximum atomic E-state index is 10.3. The molecule has 2 atom stereocenters. The van der Waals surface area contributed by atoms with E-state index in [1.54, 1.807) is 17.8 Å². The zero-order chi connectivity index (χ0) is 12.3. The van der Waals surface area contributed by atoms with Crippen molar-refractivity contribution >= 4 is 22.9 Å². The van der Waals surface area contributed by atoms with Crippen LogP contribution >= 0.6 is 22.9 Å². The Bertz CT molecular complexity index is 475. The fourth-order valence-electron chi connectivity index (χ4n) is 1.75. The minimum absolute atomic E-state index is 0.158. The third kappa shape index (κ3) is 2.84. The molecule has 0 fully saturated rings. The Kier molecular flexibility index (Phi) is 4.12. The molecule has 0 radical (unpaired) electrons. The van der Waals surface area contributed by atoms with Gasteiger partial charge in [0, 0.05) is 23.7 Å². The van der Waals surface area contributed by atoms with Gasteiger partial charge in [0.25, 0.3) is 0 Å². The Labute approximate surface area is 109 Å². The molecule has 3 nitrogen and oxygen atoms in total. The Morgan fingerprint density at radius 3 is 2.88 bits per heavy atom. The number of halogens is 1. The van der Waals surface area contributed by atoms with Gasteiger partial charge in [-0.05, 0) is 17.7 Å². The molecular weight excluding hydrogens is 256 g/mol. The summed E-state index contributed by atoms with van der Waals surface area (Å²) >= 11 is 7.37. The number of aliphatic hydroxyl groups is 1. The summed E-state index contributed by atoms with van der Waals surface area (Å²) in [5.41, 5.74) is 8.39. The number of hydrogen-bond donors (Lipinski definition) is 2. The normalized spacial score (nSPS) is 14.5. The van der Waals surface area contributed by atoms with Crippen LogP contribution in [-0.2, 0) is 0 Å². The molecule has 0 saturated carbocycles. The molecule has 2 aromatic rings. The summed E-state index contributed by atoms with van der Waals surface area (Å²) in [6.07, 6.45) is 1.04. The van der Waals surface area contributed by atoms with Crippen LogP contribution in [0.2, 0.25) is 5.02 Å². The molecule has 90 valence electrons. The van der Waals surface area contributed by atoms with E-state index >= 15 is 0 Å². The standard InChI is InChI=1S/C12H13ClN2OS/c13-9-3-1-2-8(4-9)10(5-14)12(16)11-6-15-7-17-11/h1-4,6-7,10,12,16H,5,14H2. The quantitative estimate of drug-likeness (QED) is 0.896. The molecule has 0 aliphatic rings. The molecule has 17 heavy (non-hydrogen) atoms. The van der Waals surface area contributed by atoms with Crippen molar-refractivity contribution in [2.75, 3.05) is 6.54 Å². The van der Waals surface area contributed by atoms with Crippen LogP contribution in [0, 0.1) is 0 Å². The van der Waals surface area contributed by atoms with Crippen molar-refractivity contribution in [3.8, 4) is 0 Å². The largest absolute Gasteiger partial charge is 0.387 e. The SMILES string of the molecule is NCC(c1cccc(Cl)c1)C(O)c1cncs1. The lowest BCUT2D eigenvalue weighted by atomic mass is 9.93. The summed E-state index contributed by atoms with van der Waals surface area (Å²) in [7, 11) is 0. The van der Waals surface area contributed by atoms with Crippen LogP contribution in [0.5, 0.6) is 0 Å². The van der Waals surface area contributed by atoms with Crippen molar-refractivity contribution < 1.29 is 5.11 Å². The van der Waals surface area contributed by atoms with E-state index < -0.39 is 6.10 Å². The first kappa shape index (κ1) is 12.5. The third-order valence-electron chi connectivity index (χ3n) is 2.65. The lowest BCUT2D eigenvalue weighted by molar-refractivity contribution is 0.151. The van der Waals surface area contributed by atoms with E-state index in [2.05, 4.69) is 4.98 Å². The van der Waals surface area contributed by atoms with Gasteiger partial charge in [0.15, 0.2) is 0 Å². The van der Waals surface area contributed by atoms with Crippen molar-refractivity contribution in [1.82, 2.24) is 4.98 Å². The van der Waals surface area contributed by atoms with Crippen molar-refractivity contribution in [2.24, 2.45) is 5.73 Å². The number of nitrogens with zero attached hydrogens (tertiary/aromatic N) is 1. The molecule has 0 bridgehead atoms. The Morgan fingerprint density at radius 1 is 1.47 bits per heavy atom. The van der Waals surface area contributed by atoms with E-state index in [0.717, 1.165) is 10.4 Å². The molecule has 0 saturated heterocycles. The first-order valence-electron chi connectivity index (χ1n) is 5.24. The molecule has 2 unspecified atom stereocenters.